The summed E-state index contributed by atoms with van der Waals surface area (Å²) in [4.78, 5) is 14.5. The summed E-state index contributed by atoms with van der Waals surface area (Å²) in [5, 5.41) is 12.0. The van der Waals surface area contributed by atoms with Crippen LogP contribution in [0.4, 0.5) is 5.82 Å². The Kier molecular flexibility index (Phi) is 3.71. The van der Waals surface area contributed by atoms with E-state index in [4.69, 9.17) is 16.7 Å². The summed E-state index contributed by atoms with van der Waals surface area (Å²) in [7, 11) is 0. The number of nitrogens with one attached hydrogen (secondary N) is 1. The maximum Gasteiger partial charge on any atom is 0.337 e. The zero-order valence-corrected chi connectivity index (χ0v) is 8.51. The molecular weight excluding hydrogens is 204 g/mol. The summed E-state index contributed by atoms with van der Waals surface area (Å²) in [5.41, 5.74) is 0.0945. The van der Waals surface area contributed by atoms with Crippen LogP contribution in [0.5, 0.6) is 0 Å². The Hall–Kier alpha value is -1.29. The number of nitrogens with zero attached hydrogens (tertiary/aromatic N) is 1. The van der Waals surface area contributed by atoms with Crippen molar-refractivity contribution < 1.29 is 9.90 Å². The van der Waals surface area contributed by atoms with E-state index in [0.29, 0.717) is 10.8 Å². The van der Waals surface area contributed by atoms with Gasteiger partial charge >= 0.3 is 5.97 Å². The highest BCUT2D eigenvalue weighted by Crippen LogP contribution is 2.19. The molecular formula is C9H11ClN2O2. The van der Waals surface area contributed by atoms with E-state index in [2.05, 4.69) is 10.3 Å². The summed E-state index contributed by atoms with van der Waals surface area (Å²) in [5.74, 6) is -0.500. The number of hydrogen-bond donors (Lipinski definition) is 2. The van der Waals surface area contributed by atoms with Gasteiger partial charge in [0.1, 0.15) is 5.82 Å². The van der Waals surface area contributed by atoms with Gasteiger partial charge in [-0.1, -0.05) is 18.5 Å². The minimum atomic E-state index is -1.03. The molecule has 0 aliphatic rings. The van der Waals surface area contributed by atoms with E-state index >= 15 is 0 Å². The van der Waals surface area contributed by atoms with Gasteiger partial charge in [0.05, 0.1) is 10.6 Å². The third kappa shape index (κ3) is 2.60. The number of aromatic nitrogens is 1. The lowest BCUT2D eigenvalue weighted by Gasteiger charge is -2.05. The molecule has 0 fully saturated rings. The number of aromatic carboxylic acids is 1. The quantitative estimate of drug-likeness (QED) is 0.807. The lowest BCUT2D eigenvalue weighted by Crippen LogP contribution is -2.04. The largest absolute Gasteiger partial charge is 0.478 e. The lowest BCUT2D eigenvalue weighted by molar-refractivity contribution is 0.0696. The number of carboxylic acid groups (broad SMARTS) is 1. The third-order valence-corrected chi connectivity index (χ3v) is 1.92. The first-order valence-electron chi connectivity index (χ1n) is 4.28. The van der Waals surface area contributed by atoms with Gasteiger partial charge in [-0.05, 0) is 12.5 Å². The molecule has 0 aromatic carbocycles. The summed E-state index contributed by atoms with van der Waals surface area (Å²) >= 11 is 5.82. The summed E-state index contributed by atoms with van der Waals surface area (Å²) < 4.78 is 0. The number of halogens is 1. The zero-order chi connectivity index (χ0) is 10.6. The number of carbonyl (C=O) groups is 1. The number of pyridine rings is 1. The highest BCUT2D eigenvalue weighted by molar-refractivity contribution is 6.33. The van der Waals surface area contributed by atoms with Crippen molar-refractivity contribution in [1.29, 1.82) is 0 Å². The molecule has 0 aliphatic heterocycles. The molecule has 0 radical (unpaired) electrons. The average Bonchev–Trinajstić information content (AvgIpc) is 2.15. The fourth-order valence-corrected chi connectivity index (χ4v) is 1.16. The molecule has 5 heteroatoms. The molecule has 0 spiro atoms. The van der Waals surface area contributed by atoms with Crippen molar-refractivity contribution in [3.8, 4) is 0 Å². The minimum Gasteiger partial charge on any atom is -0.478 e. The van der Waals surface area contributed by atoms with Crippen LogP contribution in [-0.4, -0.2) is 22.6 Å². The summed E-state index contributed by atoms with van der Waals surface area (Å²) in [6.45, 7) is 2.78. The van der Waals surface area contributed by atoms with Crippen molar-refractivity contribution in [2.45, 2.75) is 13.3 Å². The van der Waals surface area contributed by atoms with Gasteiger partial charge < -0.3 is 10.4 Å². The second-order valence-corrected chi connectivity index (χ2v) is 3.19. The van der Waals surface area contributed by atoms with Crippen LogP contribution in [0.25, 0.3) is 0 Å². The monoisotopic (exact) mass is 214 g/mol. The van der Waals surface area contributed by atoms with Crippen molar-refractivity contribution in [2.75, 3.05) is 11.9 Å². The van der Waals surface area contributed by atoms with Crippen molar-refractivity contribution in [3.05, 3.63) is 22.8 Å². The molecule has 1 aromatic rings. The van der Waals surface area contributed by atoms with E-state index in [0.717, 1.165) is 13.0 Å². The van der Waals surface area contributed by atoms with Crippen molar-refractivity contribution in [1.82, 2.24) is 4.98 Å². The van der Waals surface area contributed by atoms with Crippen LogP contribution in [0.3, 0.4) is 0 Å². The Balaban J connectivity index is 2.84. The molecule has 0 unspecified atom stereocenters. The van der Waals surface area contributed by atoms with Crippen LogP contribution < -0.4 is 5.32 Å². The fourth-order valence-electron chi connectivity index (χ4n) is 0.928. The van der Waals surface area contributed by atoms with Crippen LogP contribution in [0, 0.1) is 0 Å². The van der Waals surface area contributed by atoms with Gasteiger partial charge in [0, 0.05) is 12.7 Å². The number of carboxylic acids is 1. The van der Waals surface area contributed by atoms with E-state index in [9.17, 15) is 4.79 Å². The van der Waals surface area contributed by atoms with Crippen LogP contribution in [0.1, 0.15) is 23.7 Å². The van der Waals surface area contributed by atoms with Crippen LogP contribution in [-0.2, 0) is 0 Å². The van der Waals surface area contributed by atoms with Gasteiger partial charge in [-0.2, -0.15) is 0 Å². The van der Waals surface area contributed by atoms with Gasteiger partial charge in [-0.15, -0.1) is 0 Å². The van der Waals surface area contributed by atoms with Gasteiger partial charge in [-0.3, -0.25) is 0 Å². The first-order chi connectivity index (χ1) is 6.65. The summed E-state index contributed by atoms with van der Waals surface area (Å²) in [6.07, 6.45) is 2.24. The summed E-state index contributed by atoms with van der Waals surface area (Å²) in [6, 6.07) is 1.38. The topological polar surface area (TPSA) is 62.2 Å². The molecule has 1 aromatic heterocycles. The highest BCUT2D eigenvalue weighted by Gasteiger charge is 2.07. The molecule has 0 saturated carbocycles. The third-order valence-electron chi connectivity index (χ3n) is 1.63. The molecule has 2 N–H and O–H groups in total. The normalized spacial score (nSPS) is 9.86. The number of anilines is 1. The minimum absolute atomic E-state index is 0.0945. The predicted octanol–water partition coefficient (Wildman–Crippen LogP) is 2.26. The van der Waals surface area contributed by atoms with Gasteiger partial charge in [0.2, 0.25) is 0 Å². The molecule has 14 heavy (non-hydrogen) atoms. The number of hydrogen-bond acceptors (Lipinski definition) is 3. The maximum absolute atomic E-state index is 10.6. The van der Waals surface area contributed by atoms with E-state index in [1.54, 1.807) is 0 Å². The smallest absolute Gasteiger partial charge is 0.337 e. The molecule has 0 atom stereocenters. The van der Waals surface area contributed by atoms with Crippen LogP contribution in [0.2, 0.25) is 5.02 Å². The fraction of sp³-hybridized carbons (Fsp3) is 0.333. The van der Waals surface area contributed by atoms with E-state index in [1.807, 2.05) is 6.92 Å². The SMILES string of the molecule is CCCNc1ncc(C(=O)O)cc1Cl. The standard InChI is InChI=1S/C9H11ClN2O2/c1-2-3-11-8-7(10)4-6(5-12-8)9(13)14/h4-5H,2-3H2,1H3,(H,11,12)(H,13,14). The Bertz CT molecular complexity index is 342. The van der Waals surface area contributed by atoms with Crippen molar-refractivity contribution >= 4 is 23.4 Å². The molecule has 0 saturated heterocycles. The predicted molar refractivity (Wildman–Crippen MR) is 55.0 cm³/mol. The molecule has 1 rings (SSSR count). The van der Waals surface area contributed by atoms with Gasteiger partial charge in [0.25, 0.3) is 0 Å². The second kappa shape index (κ2) is 4.81. The van der Waals surface area contributed by atoms with Gasteiger partial charge in [-0.25, -0.2) is 9.78 Å². The maximum atomic E-state index is 10.6. The first-order valence-corrected chi connectivity index (χ1v) is 4.65. The van der Waals surface area contributed by atoms with E-state index in [1.165, 1.54) is 12.3 Å². The average molecular weight is 215 g/mol. The molecule has 0 amide bonds. The van der Waals surface area contributed by atoms with Crippen molar-refractivity contribution in [2.24, 2.45) is 0 Å². The lowest BCUT2D eigenvalue weighted by atomic mass is 10.3. The Morgan fingerprint density at radius 2 is 2.43 bits per heavy atom. The Morgan fingerprint density at radius 3 is 2.93 bits per heavy atom. The van der Waals surface area contributed by atoms with Crippen LogP contribution >= 0.6 is 11.6 Å². The molecule has 76 valence electrons. The van der Waals surface area contributed by atoms with Gasteiger partial charge in [0.15, 0.2) is 0 Å². The Labute approximate surface area is 86.9 Å². The Morgan fingerprint density at radius 1 is 1.71 bits per heavy atom. The molecule has 4 nitrogen and oxygen atoms in total. The van der Waals surface area contributed by atoms with E-state index < -0.39 is 5.97 Å². The molecule has 0 aliphatic carbocycles. The second-order valence-electron chi connectivity index (χ2n) is 2.79. The highest BCUT2D eigenvalue weighted by atomic mass is 35.5. The first kappa shape index (κ1) is 10.8. The van der Waals surface area contributed by atoms with E-state index in [-0.39, 0.29) is 5.56 Å². The van der Waals surface area contributed by atoms with Crippen molar-refractivity contribution in [3.63, 3.8) is 0 Å². The zero-order valence-electron chi connectivity index (χ0n) is 7.75. The van der Waals surface area contributed by atoms with Crippen LogP contribution in [0.15, 0.2) is 12.3 Å². The number of rotatable bonds is 4. The molecule has 0 bridgehead atoms. The molecule has 1 heterocycles.